The van der Waals surface area contributed by atoms with E-state index in [-0.39, 0.29) is 0 Å². The minimum atomic E-state index is 0.665. The van der Waals surface area contributed by atoms with Gasteiger partial charge in [-0.3, -0.25) is 4.90 Å². The molecule has 15 heavy (non-hydrogen) atoms. The van der Waals surface area contributed by atoms with Gasteiger partial charge in [0.1, 0.15) is 0 Å². The Hall–Kier alpha value is -0.340. The number of nitrogens with zero attached hydrogens (tertiary/aromatic N) is 1. The number of nitrogens with two attached hydrogens (primary N) is 1. The molecule has 1 unspecified atom stereocenters. The number of allylic oxidation sites excluding steroid dienone is 1. The summed E-state index contributed by atoms with van der Waals surface area (Å²) in [5, 5.41) is 0. The second-order valence-corrected chi connectivity index (χ2v) is 4.56. The van der Waals surface area contributed by atoms with Crippen molar-refractivity contribution in [1.82, 2.24) is 4.90 Å². The molecule has 0 aromatic rings. The highest BCUT2D eigenvalue weighted by Crippen LogP contribution is 2.16. The van der Waals surface area contributed by atoms with Crippen LogP contribution in [0.25, 0.3) is 0 Å². The van der Waals surface area contributed by atoms with Crippen molar-refractivity contribution in [3.05, 3.63) is 12.7 Å². The van der Waals surface area contributed by atoms with Crippen molar-refractivity contribution < 1.29 is 0 Å². The molecule has 2 nitrogen and oxygen atoms in total. The van der Waals surface area contributed by atoms with E-state index in [1.165, 1.54) is 58.0 Å². The van der Waals surface area contributed by atoms with Crippen LogP contribution in [-0.2, 0) is 0 Å². The number of rotatable bonds is 7. The van der Waals surface area contributed by atoms with Gasteiger partial charge in [-0.1, -0.05) is 18.9 Å². The molecule has 0 aliphatic carbocycles. The molecule has 1 heterocycles. The molecule has 0 amide bonds. The molecule has 1 fully saturated rings. The van der Waals surface area contributed by atoms with E-state index in [1.54, 1.807) is 0 Å². The van der Waals surface area contributed by atoms with E-state index in [0.29, 0.717) is 6.04 Å². The fourth-order valence-electron chi connectivity index (χ4n) is 2.40. The molecule has 2 N–H and O–H groups in total. The Morgan fingerprint density at radius 2 is 2.13 bits per heavy atom. The summed E-state index contributed by atoms with van der Waals surface area (Å²) in [6.07, 6.45) is 11.2. The summed E-state index contributed by atoms with van der Waals surface area (Å²) in [6.45, 7) is 7.10. The topological polar surface area (TPSA) is 29.3 Å². The van der Waals surface area contributed by atoms with Gasteiger partial charge in [0, 0.05) is 12.6 Å². The van der Waals surface area contributed by atoms with Gasteiger partial charge >= 0.3 is 0 Å². The monoisotopic (exact) mass is 210 g/mol. The molecular formula is C13H26N2. The minimum Gasteiger partial charge on any atom is -0.329 e. The predicted octanol–water partition coefficient (Wildman–Crippen LogP) is 2.55. The largest absolute Gasteiger partial charge is 0.329 e. The first kappa shape index (κ1) is 12.7. The highest BCUT2D eigenvalue weighted by atomic mass is 15.2. The maximum absolute atomic E-state index is 5.79. The average Bonchev–Trinajstić information content (AvgIpc) is 2.29. The van der Waals surface area contributed by atoms with E-state index in [9.17, 15) is 0 Å². The fourth-order valence-corrected chi connectivity index (χ4v) is 2.40. The van der Waals surface area contributed by atoms with Crippen molar-refractivity contribution in [3.63, 3.8) is 0 Å². The Balaban J connectivity index is 2.09. The lowest BCUT2D eigenvalue weighted by molar-refractivity contribution is 0.150. The van der Waals surface area contributed by atoms with Crippen molar-refractivity contribution in [2.75, 3.05) is 19.6 Å². The van der Waals surface area contributed by atoms with E-state index in [4.69, 9.17) is 5.73 Å². The SMILES string of the molecule is C=CCCCCCN1CCCCC1CN. The third-order valence-corrected chi connectivity index (χ3v) is 3.37. The Morgan fingerprint density at radius 1 is 1.27 bits per heavy atom. The maximum Gasteiger partial charge on any atom is 0.0218 e. The van der Waals surface area contributed by atoms with Crippen LogP contribution in [0.3, 0.4) is 0 Å². The highest BCUT2D eigenvalue weighted by Gasteiger charge is 2.19. The summed E-state index contributed by atoms with van der Waals surface area (Å²) in [7, 11) is 0. The quantitative estimate of drug-likeness (QED) is 0.517. The number of hydrogen-bond donors (Lipinski definition) is 1. The maximum atomic E-state index is 5.79. The molecule has 1 rings (SSSR count). The van der Waals surface area contributed by atoms with Gasteiger partial charge in [0.2, 0.25) is 0 Å². The molecule has 0 radical (unpaired) electrons. The summed E-state index contributed by atoms with van der Waals surface area (Å²) < 4.78 is 0. The minimum absolute atomic E-state index is 0.665. The number of piperidine rings is 1. The molecule has 2 heteroatoms. The smallest absolute Gasteiger partial charge is 0.0218 e. The van der Waals surface area contributed by atoms with Crippen molar-refractivity contribution >= 4 is 0 Å². The summed E-state index contributed by atoms with van der Waals surface area (Å²) in [6, 6.07) is 0.665. The molecule has 1 aliphatic rings. The van der Waals surface area contributed by atoms with E-state index in [1.807, 2.05) is 6.08 Å². The number of likely N-dealkylation sites (tertiary alicyclic amines) is 1. The van der Waals surface area contributed by atoms with E-state index in [2.05, 4.69) is 11.5 Å². The second kappa shape index (κ2) is 7.89. The van der Waals surface area contributed by atoms with Crippen LogP contribution in [0.15, 0.2) is 12.7 Å². The van der Waals surface area contributed by atoms with E-state index >= 15 is 0 Å². The number of hydrogen-bond acceptors (Lipinski definition) is 2. The van der Waals surface area contributed by atoms with Gasteiger partial charge < -0.3 is 5.73 Å². The molecule has 0 aromatic carbocycles. The van der Waals surface area contributed by atoms with Crippen LogP contribution in [0.4, 0.5) is 0 Å². The van der Waals surface area contributed by atoms with Crippen molar-refractivity contribution in [1.29, 1.82) is 0 Å². The van der Waals surface area contributed by atoms with Gasteiger partial charge in [-0.15, -0.1) is 6.58 Å². The molecule has 0 bridgehead atoms. The fraction of sp³-hybridized carbons (Fsp3) is 0.846. The van der Waals surface area contributed by atoms with E-state index in [0.717, 1.165) is 6.54 Å². The van der Waals surface area contributed by atoms with Crippen LogP contribution in [-0.4, -0.2) is 30.6 Å². The van der Waals surface area contributed by atoms with Crippen LogP contribution in [0.5, 0.6) is 0 Å². The zero-order valence-corrected chi connectivity index (χ0v) is 9.96. The Bertz CT molecular complexity index is 168. The molecule has 0 aromatic heterocycles. The van der Waals surface area contributed by atoms with Gasteiger partial charge in [-0.25, -0.2) is 0 Å². The molecular weight excluding hydrogens is 184 g/mol. The summed E-state index contributed by atoms with van der Waals surface area (Å²) in [5.41, 5.74) is 5.79. The van der Waals surface area contributed by atoms with Crippen molar-refractivity contribution in [2.24, 2.45) is 5.73 Å². The second-order valence-electron chi connectivity index (χ2n) is 4.56. The summed E-state index contributed by atoms with van der Waals surface area (Å²) in [5.74, 6) is 0. The Labute approximate surface area is 94.5 Å². The van der Waals surface area contributed by atoms with Crippen LogP contribution >= 0.6 is 0 Å². The van der Waals surface area contributed by atoms with Gasteiger partial charge in [0.05, 0.1) is 0 Å². The van der Waals surface area contributed by atoms with Crippen LogP contribution in [0.1, 0.15) is 44.9 Å². The first-order valence-electron chi connectivity index (χ1n) is 6.43. The van der Waals surface area contributed by atoms with Crippen LogP contribution in [0.2, 0.25) is 0 Å². The summed E-state index contributed by atoms with van der Waals surface area (Å²) in [4.78, 5) is 2.59. The lowest BCUT2D eigenvalue weighted by Gasteiger charge is -2.34. The van der Waals surface area contributed by atoms with Crippen LogP contribution < -0.4 is 5.73 Å². The third-order valence-electron chi connectivity index (χ3n) is 3.37. The summed E-state index contributed by atoms with van der Waals surface area (Å²) >= 11 is 0. The lowest BCUT2D eigenvalue weighted by Crippen LogP contribution is -2.44. The number of unbranched alkanes of at least 4 members (excludes halogenated alkanes) is 3. The standard InChI is InChI=1S/C13H26N2/c1-2-3-4-5-7-10-15-11-8-6-9-13(15)12-14/h2,13H,1,3-12,14H2. The normalized spacial score (nSPS) is 22.9. The van der Waals surface area contributed by atoms with Gasteiger partial charge in [0.25, 0.3) is 0 Å². The van der Waals surface area contributed by atoms with E-state index < -0.39 is 0 Å². The molecule has 1 atom stereocenters. The first-order chi connectivity index (χ1) is 7.38. The molecule has 0 spiro atoms. The van der Waals surface area contributed by atoms with Crippen molar-refractivity contribution in [3.8, 4) is 0 Å². The highest BCUT2D eigenvalue weighted by molar-refractivity contribution is 4.77. The Kier molecular flexibility index (Phi) is 6.69. The van der Waals surface area contributed by atoms with Crippen molar-refractivity contribution in [2.45, 2.75) is 51.0 Å². The van der Waals surface area contributed by atoms with Gasteiger partial charge in [-0.2, -0.15) is 0 Å². The molecule has 0 saturated carbocycles. The average molecular weight is 210 g/mol. The van der Waals surface area contributed by atoms with Crippen LogP contribution in [0, 0.1) is 0 Å². The Morgan fingerprint density at radius 3 is 2.87 bits per heavy atom. The molecule has 1 aliphatic heterocycles. The molecule has 1 saturated heterocycles. The zero-order valence-electron chi connectivity index (χ0n) is 9.96. The van der Waals surface area contributed by atoms with Gasteiger partial charge in [0.15, 0.2) is 0 Å². The van der Waals surface area contributed by atoms with Gasteiger partial charge in [-0.05, 0) is 45.2 Å². The first-order valence-corrected chi connectivity index (χ1v) is 6.43. The molecule has 88 valence electrons. The zero-order chi connectivity index (χ0) is 10.9. The third kappa shape index (κ3) is 4.80. The predicted molar refractivity (Wildman–Crippen MR) is 66.9 cm³/mol. The lowest BCUT2D eigenvalue weighted by atomic mass is 10.0.